The van der Waals surface area contributed by atoms with E-state index in [-0.39, 0.29) is 24.6 Å². The Labute approximate surface area is 192 Å². The number of rotatable bonds is 6. The molecule has 4 nitrogen and oxygen atoms in total. The highest BCUT2D eigenvalue weighted by atomic mass is 19.1. The Morgan fingerprint density at radius 3 is 2.45 bits per heavy atom. The number of carbonyl (C=O) groups is 1. The zero-order valence-electron chi connectivity index (χ0n) is 18.7. The van der Waals surface area contributed by atoms with Crippen molar-refractivity contribution in [2.24, 2.45) is 0 Å². The Balaban J connectivity index is 1.78. The normalized spacial score (nSPS) is 20.7. The van der Waals surface area contributed by atoms with Crippen LogP contribution in [-0.4, -0.2) is 34.4 Å². The first-order valence-electron chi connectivity index (χ1n) is 11.2. The van der Waals surface area contributed by atoms with Crippen molar-refractivity contribution >= 4 is 5.97 Å². The number of hydrogen-bond acceptors (Lipinski definition) is 4. The zero-order chi connectivity index (χ0) is 23.5. The van der Waals surface area contributed by atoms with Gasteiger partial charge >= 0.3 is 5.97 Å². The molecule has 3 unspecified atom stereocenters. The van der Waals surface area contributed by atoms with Gasteiger partial charge in [0, 0.05) is 11.3 Å². The highest BCUT2D eigenvalue weighted by Gasteiger charge is 2.38. The molecule has 1 aliphatic heterocycles. The molecule has 172 valence electrons. The number of aliphatic hydroxyl groups excluding tert-OH is 1. The third-order valence-corrected chi connectivity index (χ3v) is 5.99. The molecule has 6 heteroatoms. The molecule has 2 aromatic carbocycles. The summed E-state index contributed by atoms with van der Waals surface area (Å²) in [5.74, 6) is -0.851. The quantitative estimate of drug-likeness (QED) is 0.494. The number of aliphatic hydroxyl groups is 1. The lowest BCUT2D eigenvalue weighted by atomic mass is 9.88. The number of pyridine rings is 1. The van der Waals surface area contributed by atoms with Crippen molar-refractivity contribution in [1.29, 1.82) is 0 Å². The van der Waals surface area contributed by atoms with Gasteiger partial charge in [0.15, 0.2) is 6.17 Å². The Hall–Kier alpha value is -3.12. The second-order valence-electron chi connectivity index (χ2n) is 8.73. The molecular weight excluding hydrogens is 424 g/mol. The molecule has 1 saturated heterocycles. The molecule has 0 aliphatic carbocycles. The molecule has 3 aromatic rings. The fourth-order valence-corrected chi connectivity index (χ4v) is 4.29. The van der Waals surface area contributed by atoms with Crippen LogP contribution in [0, 0.1) is 5.82 Å². The van der Waals surface area contributed by atoms with Crippen LogP contribution >= 0.6 is 0 Å². The summed E-state index contributed by atoms with van der Waals surface area (Å²) in [6.07, 6.45) is -3.72. The molecule has 1 aromatic heterocycles. The lowest BCUT2D eigenvalue weighted by molar-refractivity contribution is -0.170. The summed E-state index contributed by atoms with van der Waals surface area (Å²) in [4.78, 5) is 16.7. The van der Waals surface area contributed by atoms with Crippen molar-refractivity contribution < 1.29 is 23.4 Å². The molecule has 4 rings (SSSR count). The van der Waals surface area contributed by atoms with Crippen LogP contribution in [0.4, 0.5) is 8.78 Å². The van der Waals surface area contributed by atoms with E-state index in [1.165, 1.54) is 12.1 Å². The van der Waals surface area contributed by atoms with Crippen LogP contribution in [0.25, 0.3) is 22.4 Å². The molecule has 1 fully saturated rings. The van der Waals surface area contributed by atoms with E-state index in [2.05, 4.69) is 0 Å². The van der Waals surface area contributed by atoms with Gasteiger partial charge in [-0.25, -0.2) is 8.78 Å². The second-order valence-corrected chi connectivity index (χ2v) is 8.73. The number of alkyl halides is 1. The largest absolute Gasteiger partial charge is 0.459 e. The Morgan fingerprint density at radius 1 is 1.09 bits per heavy atom. The standard InChI is InChI=1S/C27H27F2NO3/c1-16(2)27-20(12-13-24-26(29)23(31)15-25(32)33-24)21(17-8-10-19(28)11-9-17)14-22(30-27)18-6-4-3-5-7-18/h3-11,14,16,23-24,26,31H,12-13,15H2,1-2H3. The topological polar surface area (TPSA) is 59.4 Å². The first-order valence-corrected chi connectivity index (χ1v) is 11.2. The number of hydrogen-bond donors (Lipinski definition) is 1. The maximum atomic E-state index is 14.5. The molecule has 0 amide bonds. The molecule has 0 bridgehead atoms. The van der Waals surface area contributed by atoms with E-state index in [9.17, 15) is 18.7 Å². The van der Waals surface area contributed by atoms with Crippen molar-refractivity contribution in [2.75, 3.05) is 0 Å². The van der Waals surface area contributed by atoms with Crippen LogP contribution in [0.15, 0.2) is 60.7 Å². The van der Waals surface area contributed by atoms with Gasteiger partial charge in [-0.15, -0.1) is 0 Å². The molecule has 33 heavy (non-hydrogen) atoms. The monoisotopic (exact) mass is 451 g/mol. The highest BCUT2D eigenvalue weighted by molar-refractivity contribution is 5.75. The summed E-state index contributed by atoms with van der Waals surface area (Å²) in [5, 5.41) is 9.86. The van der Waals surface area contributed by atoms with Crippen LogP contribution in [-0.2, 0) is 16.0 Å². The molecule has 3 atom stereocenters. The predicted molar refractivity (Wildman–Crippen MR) is 123 cm³/mol. The summed E-state index contributed by atoms with van der Waals surface area (Å²) in [7, 11) is 0. The van der Waals surface area contributed by atoms with Crippen LogP contribution in [0.2, 0.25) is 0 Å². The third kappa shape index (κ3) is 5.11. The van der Waals surface area contributed by atoms with E-state index in [4.69, 9.17) is 9.72 Å². The molecule has 0 spiro atoms. The minimum atomic E-state index is -1.63. The summed E-state index contributed by atoms with van der Waals surface area (Å²) < 4.78 is 33.4. The maximum absolute atomic E-state index is 14.5. The molecular formula is C27H27F2NO3. The summed E-state index contributed by atoms with van der Waals surface area (Å²) in [6.45, 7) is 4.08. The van der Waals surface area contributed by atoms with E-state index in [1.807, 2.05) is 50.2 Å². The first kappa shape index (κ1) is 23.1. The fraction of sp³-hybridized carbons (Fsp3) is 0.333. The molecule has 1 aliphatic rings. The van der Waals surface area contributed by atoms with Crippen molar-refractivity contribution in [1.82, 2.24) is 4.98 Å². The smallest absolute Gasteiger partial charge is 0.308 e. The highest BCUT2D eigenvalue weighted by Crippen LogP contribution is 2.35. The number of aromatic nitrogens is 1. The van der Waals surface area contributed by atoms with Crippen LogP contribution in [0.3, 0.4) is 0 Å². The molecule has 1 N–H and O–H groups in total. The van der Waals surface area contributed by atoms with Gasteiger partial charge in [0.2, 0.25) is 0 Å². The van der Waals surface area contributed by atoms with Crippen LogP contribution in [0.5, 0.6) is 0 Å². The van der Waals surface area contributed by atoms with Gasteiger partial charge in [-0.1, -0.05) is 56.3 Å². The number of benzene rings is 2. The molecule has 0 radical (unpaired) electrons. The van der Waals surface area contributed by atoms with Gasteiger partial charge in [0.1, 0.15) is 11.9 Å². The molecule has 2 heterocycles. The van der Waals surface area contributed by atoms with Crippen molar-refractivity contribution in [3.63, 3.8) is 0 Å². The average Bonchev–Trinajstić information content (AvgIpc) is 2.81. The van der Waals surface area contributed by atoms with E-state index in [1.54, 1.807) is 12.1 Å². The maximum Gasteiger partial charge on any atom is 0.308 e. The van der Waals surface area contributed by atoms with Crippen molar-refractivity contribution in [3.05, 3.63) is 77.7 Å². The van der Waals surface area contributed by atoms with Crippen molar-refractivity contribution in [2.45, 2.75) is 57.4 Å². The average molecular weight is 452 g/mol. The lowest BCUT2D eigenvalue weighted by Crippen LogP contribution is -2.44. The van der Waals surface area contributed by atoms with Crippen LogP contribution in [0.1, 0.15) is 43.9 Å². The Morgan fingerprint density at radius 2 is 1.79 bits per heavy atom. The number of ether oxygens (including phenoxy) is 1. The first-order chi connectivity index (χ1) is 15.8. The Kier molecular flexibility index (Phi) is 6.84. The number of nitrogens with zero attached hydrogens (tertiary/aromatic N) is 1. The van der Waals surface area contributed by atoms with Gasteiger partial charge in [-0.2, -0.15) is 0 Å². The van der Waals surface area contributed by atoms with E-state index in [0.717, 1.165) is 33.6 Å². The predicted octanol–water partition coefficient (Wildman–Crippen LogP) is 5.63. The number of carbonyl (C=O) groups excluding carboxylic acids is 1. The van der Waals surface area contributed by atoms with Crippen molar-refractivity contribution in [3.8, 4) is 22.4 Å². The van der Waals surface area contributed by atoms with E-state index in [0.29, 0.717) is 6.42 Å². The van der Waals surface area contributed by atoms with Gasteiger partial charge in [-0.3, -0.25) is 9.78 Å². The van der Waals surface area contributed by atoms with E-state index < -0.39 is 24.3 Å². The minimum absolute atomic E-state index is 0.0727. The SMILES string of the molecule is CC(C)c1nc(-c2ccccc2)cc(-c2ccc(F)cc2)c1CCC1OC(=O)CC(O)C1F. The van der Waals surface area contributed by atoms with Gasteiger partial charge < -0.3 is 9.84 Å². The number of cyclic esters (lactones) is 1. The lowest BCUT2D eigenvalue weighted by Gasteiger charge is -2.30. The van der Waals surface area contributed by atoms with Gasteiger partial charge in [0.25, 0.3) is 0 Å². The van der Waals surface area contributed by atoms with Gasteiger partial charge in [-0.05, 0) is 53.6 Å². The van der Waals surface area contributed by atoms with E-state index >= 15 is 0 Å². The van der Waals surface area contributed by atoms with Crippen LogP contribution < -0.4 is 0 Å². The number of esters is 1. The Bertz CT molecular complexity index is 1120. The zero-order valence-corrected chi connectivity index (χ0v) is 18.7. The summed E-state index contributed by atoms with van der Waals surface area (Å²) in [5.41, 5.74) is 5.22. The second kappa shape index (κ2) is 9.79. The summed E-state index contributed by atoms with van der Waals surface area (Å²) in [6, 6.07) is 18.0. The minimum Gasteiger partial charge on any atom is -0.459 e. The number of halogens is 2. The fourth-order valence-electron chi connectivity index (χ4n) is 4.29. The summed E-state index contributed by atoms with van der Waals surface area (Å²) >= 11 is 0. The third-order valence-electron chi connectivity index (χ3n) is 5.99. The van der Waals surface area contributed by atoms with Gasteiger partial charge in [0.05, 0.1) is 18.2 Å². The molecule has 0 saturated carbocycles.